The van der Waals surface area contributed by atoms with E-state index >= 15 is 0 Å². The number of rotatable bonds is 6. The van der Waals surface area contributed by atoms with E-state index in [-0.39, 0.29) is 11.9 Å². The SMILES string of the molecule is CCCCC1=Nc2[nH]ncc2C(c2ccccc2Cl)C1C(=O)OCC. The lowest BCUT2D eigenvalue weighted by Crippen LogP contribution is -2.34. The van der Waals surface area contributed by atoms with Crippen molar-refractivity contribution < 1.29 is 9.53 Å². The van der Waals surface area contributed by atoms with Gasteiger partial charge in [0.15, 0.2) is 5.82 Å². The molecule has 25 heavy (non-hydrogen) atoms. The number of esters is 1. The Labute approximate surface area is 152 Å². The number of carbonyl (C=O) groups is 1. The van der Waals surface area contributed by atoms with Crippen LogP contribution < -0.4 is 0 Å². The molecule has 6 heteroatoms. The van der Waals surface area contributed by atoms with Crippen molar-refractivity contribution in [1.29, 1.82) is 0 Å². The first-order valence-electron chi connectivity index (χ1n) is 8.69. The molecule has 2 unspecified atom stereocenters. The van der Waals surface area contributed by atoms with Crippen molar-refractivity contribution >= 4 is 29.1 Å². The average Bonchev–Trinajstić information content (AvgIpc) is 3.07. The molecule has 0 saturated carbocycles. The number of hydrogen-bond acceptors (Lipinski definition) is 4. The largest absolute Gasteiger partial charge is 0.465 e. The van der Waals surface area contributed by atoms with Crippen molar-refractivity contribution in [2.75, 3.05) is 6.61 Å². The number of carbonyl (C=O) groups excluding carboxylic acids is 1. The minimum absolute atomic E-state index is 0.245. The molecule has 2 atom stereocenters. The smallest absolute Gasteiger partial charge is 0.315 e. The topological polar surface area (TPSA) is 67.3 Å². The quantitative estimate of drug-likeness (QED) is 0.763. The molecule has 1 aromatic carbocycles. The first kappa shape index (κ1) is 17.7. The maximum absolute atomic E-state index is 12.8. The summed E-state index contributed by atoms with van der Waals surface area (Å²) in [6, 6.07) is 7.62. The van der Waals surface area contributed by atoms with Gasteiger partial charge in [0.1, 0.15) is 5.92 Å². The van der Waals surface area contributed by atoms with E-state index in [9.17, 15) is 4.79 Å². The summed E-state index contributed by atoms with van der Waals surface area (Å²) >= 11 is 6.47. The molecule has 0 fully saturated rings. The van der Waals surface area contributed by atoms with E-state index in [4.69, 9.17) is 16.3 Å². The fourth-order valence-corrected chi connectivity index (χ4v) is 3.59. The van der Waals surface area contributed by atoms with Crippen LogP contribution in [0.3, 0.4) is 0 Å². The lowest BCUT2D eigenvalue weighted by Gasteiger charge is -2.30. The molecule has 0 radical (unpaired) electrons. The number of nitrogens with zero attached hydrogens (tertiary/aromatic N) is 2. The molecular weight excluding hydrogens is 338 g/mol. The minimum Gasteiger partial charge on any atom is -0.465 e. The molecular formula is C19H22ClN3O2. The Kier molecular flexibility index (Phi) is 5.53. The van der Waals surface area contributed by atoms with Gasteiger partial charge in [-0.3, -0.25) is 9.89 Å². The Balaban J connectivity index is 2.13. The molecule has 0 aliphatic carbocycles. The summed E-state index contributed by atoms with van der Waals surface area (Å²) < 4.78 is 5.38. The highest BCUT2D eigenvalue weighted by molar-refractivity contribution is 6.31. The lowest BCUT2D eigenvalue weighted by atomic mass is 9.76. The van der Waals surface area contributed by atoms with Gasteiger partial charge in [-0.2, -0.15) is 5.10 Å². The molecule has 1 aliphatic rings. The monoisotopic (exact) mass is 359 g/mol. The van der Waals surface area contributed by atoms with Crippen molar-refractivity contribution in [2.45, 2.75) is 39.0 Å². The zero-order valence-corrected chi connectivity index (χ0v) is 15.2. The lowest BCUT2D eigenvalue weighted by molar-refractivity contribution is -0.146. The zero-order valence-electron chi connectivity index (χ0n) is 14.5. The molecule has 0 spiro atoms. The van der Waals surface area contributed by atoms with Gasteiger partial charge in [0.25, 0.3) is 0 Å². The third-order valence-corrected chi connectivity index (χ3v) is 4.84. The van der Waals surface area contributed by atoms with Crippen LogP contribution in [-0.2, 0) is 9.53 Å². The molecule has 2 aromatic rings. The van der Waals surface area contributed by atoms with Crippen LogP contribution in [0.25, 0.3) is 0 Å². The summed E-state index contributed by atoms with van der Waals surface area (Å²) in [4.78, 5) is 17.5. The van der Waals surface area contributed by atoms with E-state index in [0.717, 1.165) is 36.1 Å². The molecule has 1 aliphatic heterocycles. The van der Waals surface area contributed by atoms with Crippen molar-refractivity contribution in [3.8, 4) is 0 Å². The van der Waals surface area contributed by atoms with Crippen LogP contribution in [0.2, 0.25) is 5.02 Å². The van der Waals surface area contributed by atoms with Crippen molar-refractivity contribution in [3.05, 3.63) is 46.6 Å². The summed E-state index contributed by atoms with van der Waals surface area (Å²) in [5.41, 5.74) is 2.61. The molecule has 1 aromatic heterocycles. The molecule has 2 heterocycles. The van der Waals surface area contributed by atoms with Crippen molar-refractivity contribution in [2.24, 2.45) is 10.9 Å². The van der Waals surface area contributed by atoms with Gasteiger partial charge in [-0.25, -0.2) is 4.99 Å². The van der Waals surface area contributed by atoms with Crippen LogP contribution in [0.4, 0.5) is 5.82 Å². The van der Waals surface area contributed by atoms with E-state index in [1.54, 1.807) is 6.20 Å². The highest BCUT2D eigenvalue weighted by Gasteiger charge is 2.41. The molecule has 3 rings (SSSR count). The van der Waals surface area contributed by atoms with Crippen molar-refractivity contribution in [1.82, 2.24) is 10.2 Å². The Hall–Kier alpha value is -2.14. The number of aromatic amines is 1. The minimum atomic E-state index is -0.475. The number of aromatic nitrogens is 2. The number of hydrogen-bond donors (Lipinski definition) is 1. The molecule has 0 saturated heterocycles. The zero-order chi connectivity index (χ0) is 17.8. The summed E-state index contributed by atoms with van der Waals surface area (Å²) in [7, 11) is 0. The highest BCUT2D eigenvalue weighted by Crippen LogP contribution is 2.44. The number of H-pyrrole nitrogens is 1. The summed E-state index contributed by atoms with van der Waals surface area (Å²) in [5.74, 6) is -0.270. The predicted octanol–water partition coefficient (Wildman–Crippen LogP) is 4.65. The van der Waals surface area contributed by atoms with Crippen LogP contribution in [0.5, 0.6) is 0 Å². The van der Waals surface area contributed by atoms with Crippen molar-refractivity contribution in [3.63, 3.8) is 0 Å². The Bertz CT molecular complexity index is 784. The first-order valence-corrected chi connectivity index (χ1v) is 9.06. The number of aliphatic imine (C=N–C) groups is 1. The molecule has 132 valence electrons. The third kappa shape index (κ3) is 3.47. The van der Waals surface area contributed by atoms with Crippen LogP contribution >= 0.6 is 11.6 Å². The van der Waals surface area contributed by atoms with Gasteiger partial charge in [0.2, 0.25) is 0 Å². The fraction of sp³-hybridized carbons (Fsp3) is 0.421. The number of halogens is 1. The maximum Gasteiger partial charge on any atom is 0.315 e. The normalized spacial score (nSPS) is 19.2. The molecule has 0 bridgehead atoms. The standard InChI is InChI=1S/C19H22ClN3O2/c1-3-5-10-15-17(19(24)25-4-2)16(12-8-6-7-9-14(12)20)13-11-21-23-18(13)22-15/h6-9,11,16-17H,3-5,10H2,1-2H3,(H,21,23). The third-order valence-electron chi connectivity index (χ3n) is 4.50. The van der Waals surface area contributed by atoms with Gasteiger partial charge >= 0.3 is 5.97 Å². The van der Waals surface area contributed by atoms with E-state index in [1.165, 1.54) is 0 Å². The molecule has 1 N–H and O–H groups in total. The van der Waals surface area contributed by atoms with E-state index in [1.807, 2.05) is 31.2 Å². The maximum atomic E-state index is 12.8. The number of ether oxygens (including phenoxy) is 1. The second-order valence-electron chi connectivity index (χ2n) is 6.11. The van der Waals surface area contributed by atoms with Crippen LogP contribution in [0, 0.1) is 5.92 Å². The van der Waals surface area contributed by atoms with Crippen LogP contribution in [0.15, 0.2) is 35.5 Å². The number of nitrogens with one attached hydrogen (secondary N) is 1. The molecule has 0 amide bonds. The van der Waals surface area contributed by atoms with Crippen LogP contribution in [0.1, 0.15) is 50.2 Å². The first-order chi connectivity index (χ1) is 12.2. The summed E-state index contributed by atoms with van der Waals surface area (Å²) in [5, 5.41) is 7.71. The predicted molar refractivity (Wildman–Crippen MR) is 98.6 cm³/mol. The number of fused-ring (bicyclic) bond motifs is 1. The van der Waals surface area contributed by atoms with Gasteiger partial charge in [-0.1, -0.05) is 43.1 Å². The second-order valence-corrected chi connectivity index (χ2v) is 6.52. The summed E-state index contributed by atoms with van der Waals surface area (Å²) in [6.45, 7) is 4.27. The Morgan fingerprint density at radius 1 is 1.28 bits per heavy atom. The fourth-order valence-electron chi connectivity index (χ4n) is 3.34. The van der Waals surface area contributed by atoms with E-state index in [2.05, 4.69) is 22.1 Å². The average molecular weight is 360 g/mol. The highest BCUT2D eigenvalue weighted by atomic mass is 35.5. The van der Waals surface area contributed by atoms with Gasteiger partial charge in [0.05, 0.1) is 12.8 Å². The molecule has 5 nitrogen and oxygen atoms in total. The Morgan fingerprint density at radius 2 is 2.08 bits per heavy atom. The Morgan fingerprint density at radius 3 is 2.80 bits per heavy atom. The van der Waals surface area contributed by atoms with Gasteiger partial charge in [-0.15, -0.1) is 0 Å². The number of benzene rings is 1. The summed E-state index contributed by atoms with van der Waals surface area (Å²) in [6.07, 6.45) is 4.48. The number of unbranched alkanes of at least 4 members (excludes halogenated alkanes) is 1. The second kappa shape index (κ2) is 7.83. The van der Waals surface area contributed by atoms with E-state index < -0.39 is 5.92 Å². The van der Waals surface area contributed by atoms with Gasteiger partial charge in [-0.05, 0) is 31.4 Å². The van der Waals surface area contributed by atoms with Gasteiger partial charge < -0.3 is 4.74 Å². The van der Waals surface area contributed by atoms with Crippen LogP contribution in [-0.4, -0.2) is 28.5 Å². The van der Waals surface area contributed by atoms with Gasteiger partial charge in [0, 0.05) is 22.2 Å². The van der Waals surface area contributed by atoms with E-state index in [0.29, 0.717) is 17.4 Å².